The number of hydrogen-bond acceptors (Lipinski definition) is 4. The normalized spacial score (nSPS) is 18.8. The number of halogens is 2. The Morgan fingerprint density at radius 1 is 1.09 bits per heavy atom. The Morgan fingerprint density at radius 3 is 2.41 bits per heavy atom. The van der Waals surface area contributed by atoms with Gasteiger partial charge in [-0.3, -0.25) is 14.8 Å². The van der Waals surface area contributed by atoms with Gasteiger partial charge in [-0.15, -0.1) is 24.0 Å². The van der Waals surface area contributed by atoms with Crippen LogP contribution < -0.4 is 15.5 Å². The van der Waals surface area contributed by atoms with Gasteiger partial charge in [0.1, 0.15) is 5.82 Å². The monoisotopic (exact) mass is 558 g/mol. The lowest BCUT2D eigenvalue weighted by Crippen LogP contribution is -2.49. The van der Waals surface area contributed by atoms with Crippen LogP contribution in [0, 0.1) is 5.82 Å². The highest BCUT2D eigenvalue weighted by Gasteiger charge is 2.20. The summed E-state index contributed by atoms with van der Waals surface area (Å²) in [5.41, 5.74) is 1.96. The van der Waals surface area contributed by atoms with Gasteiger partial charge in [-0.1, -0.05) is 24.3 Å². The summed E-state index contributed by atoms with van der Waals surface area (Å²) in [4.78, 5) is 11.5. The van der Waals surface area contributed by atoms with Crippen LogP contribution in [-0.4, -0.2) is 87.8 Å². The molecule has 180 valence electrons. The first-order valence-electron chi connectivity index (χ1n) is 11.6. The van der Waals surface area contributed by atoms with Crippen LogP contribution in [0.25, 0.3) is 0 Å². The van der Waals surface area contributed by atoms with E-state index in [1.165, 1.54) is 5.57 Å². The Kier molecular flexibility index (Phi) is 11.7. The van der Waals surface area contributed by atoms with Crippen LogP contribution in [-0.2, 0) is 0 Å². The van der Waals surface area contributed by atoms with Crippen molar-refractivity contribution in [3.8, 4) is 0 Å². The van der Waals surface area contributed by atoms with Gasteiger partial charge in [0, 0.05) is 65.4 Å². The fraction of sp³-hybridized carbons (Fsp3) is 0.625. The topological polar surface area (TPSA) is 46.1 Å². The van der Waals surface area contributed by atoms with Crippen LogP contribution in [0.4, 0.5) is 10.1 Å². The third-order valence-electron chi connectivity index (χ3n) is 6.15. The van der Waals surface area contributed by atoms with Crippen LogP contribution in [0.5, 0.6) is 0 Å². The number of nitrogens with zero attached hydrogens (tertiary/aromatic N) is 4. The SMILES string of the molecule is C=C(C)CN1CCC(NC(=NC)NCCCN2CCN(c3ccccc3F)CC2)CC1.I. The molecule has 8 heteroatoms. The predicted octanol–water partition coefficient (Wildman–Crippen LogP) is 3.16. The number of nitrogens with one attached hydrogen (secondary N) is 2. The largest absolute Gasteiger partial charge is 0.367 e. The molecule has 0 atom stereocenters. The number of rotatable bonds is 8. The molecule has 0 saturated carbocycles. The first-order valence-corrected chi connectivity index (χ1v) is 11.6. The standard InChI is InChI=1S/C24H39FN6.HI/c1-20(2)19-30-13-9-21(10-14-30)28-24(26-3)27-11-6-12-29-15-17-31(18-16-29)23-8-5-4-7-22(23)25;/h4-5,7-8,21H,1,6,9-19H2,2-3H3,(H2,26,27,28);1H. The number of anilines is 1. The molecule has 0 unspecified atom stereocenters. The summed E-state index contributed by atoms with van der Waals surface area (Å²) in [6.45, 7) is 15.0. The first kappa shape index (κ1) is 26.9. The molecule has 32 heavy (non-hydrogen) atoms. The van der Waals surface area contributed by atoms with Crippen LogP contribution in [0.15, 0.2) is 41.4 Å². The molecular weight excluding hydrogens is 518 g/mol. The van der Waals surface area contributed by atoms with Crippen molar-refractivity contribution in [2.75, 3.05) is 70.9 Å². The highest BCUT2D eigenvalue weighted by Crippen LogP contribution is 2.20. The number of piperazine rings is 1. The first-order chi connectivity index (χ1) is 15.0. The van der Waals surface area contributed by atoms with E-state index in [0.717, 1.165) is 89.8 Å². The molecule has 3 rings (SSSR count). The van der Waals surface area contributed by atoms with E-state index in [0.29, 0.717) is 6.04 Å². The van der Waals surface area contributed by atoms with Crippen molar-refractivity contribution in [3.63, 3.8) is 0 Å². The van der Waals surface area contributed by atoms with Crippen LogP contribution in [0.1, 0.15) is 26.2 Å². The Hall–Kier alpha value is -1.39. The third-order valence-corrected chi connectivity index (χ3v) is 6.15. The van der Waals surface area contributed by atoms with E-state index in [1.807, 2.05) is 19.2 Å². The van der Waals surface area contributed by atoms with Gasteiger partial charge in [0.2, 0.25) is 0 Å². The predicted molar refractivity (Wildman–Crippen MR) is 144 cm³/mol. The molecule has 2 N–H and O–H groups in total. The molecule has 0 bridgehead atoms. The number of benzene rings is 1. The molecule has 6 nitrogen and oxygen atoms in total. The summed E-state index contributed by atoms with van der Waals surface area (Å²) in [6, 6.07) is 7.55. The van der Waals surface area contributed by atoms with Gasteiger partial charge in [0.15, 0.2) is 5.96 Å². The van der Waals surface area contributed by atoms with Gasteiger partial charge in [-0.2, -0.15) is 0 Å². The molecule has 0 radical (unpaired) electrons. The molecule has 0 aromatic heterocycles. The second kappa shape index (κ2) is 14.0. The van der Waals surface area contributed by atoms with Crippen molar-refractivity contribution in [1.29, 1.82) is 0 Å². The van der Waals surface area contributed by atoms with Crippen molar-refractivity contribution in [2.24, 2.45) is 4.99 Å². The zero-order chi connectivity index (χ0) is 22.1. The molecule has 2 heterocycles. The molecular formula is C24H40FIN6. The Bertz CT molecular complexity index is 727. The fourth-order valence-corrected chi connectivity index (χ4v) is 4.44. The molecule has 0 amide bonds. The zero-order valence-corrected chi connectivity index (χ0v) is 22.0. The van der Waals surface area contributed by atoms with Crippen LogP contribution in [0.2, 0.25) is 0 Å². The van der Waals surface area contributed by atoms with Gasteiger partial charge in [0.05, 0.1) is 5.69 Å². The van der Waals surface area contributed by atoms with Gasteiger partial charge < -0.3 is 15.5 Å². The summed E-state index contributed by atoms with van der Waals surface area (Å²) >= 11 is 0. The highest BCUT2D eigenvalue weighted by molar-refractivity contribution is 14.0. The summed E-state index contributed by atoms with van der Waals surface area (Å²) in [7, 11) is 1.84. The Morgan fingerprint density at radius 2 is 1.78 bits per heavy atom. The lowest BCUT2D eigenvalue weighted by atomic mass is 10.0. The van der Waals surface area contributed by atoms with E-state index in [9.17, 15) is 4.39 Å². The summed E-state index contributed by atoms with van der Waals surface area (Å²) in [6.07, 6.45) is 3.35. The number of likely N-dealkylation sites (tertiary alicyclic amines) is 1. The van der Waals surface area contributed by atoms with E-state index < -0.39 is 0 Å². The number of para-hydroxylation sites is 1. The summed E-state index contributed by atoms with van der Waals surface area (Å²) in [5.74, 6) is 0.781. The molecule has 1 aromatic rings. The second-order valence-corrected chi connectivity index (χ2v) is 8.78. The number of piperidine rings is 1. The van der Waals surface area contributed by atoms with E-state index in [-0.39, 0.29) is 29.8 Å². The smallest absolute Gasteiger partial charge is 0.191 e. The molecule has 2 aliphatic heterocycles. The second-order valence-electron chi connectivity index (χ2n) is 8.78. The molecule has 2 saturated heterocycles. The third kappa shape index (κ3) is 8.51. The van der Waals surface area contributed by atoms with Crippen molar-refractivity contribution < 1.29 is 4.39 Å². The van der Waals surface area contributed by atoms with Crippen LogP contribution >= 0.6 is 24.0 Å². The molecule has 1 aromatic carbocycles. The summed E-state index contributed by atoms with van der Waals surface area (Å²) < 4.78 is 14.0. The highest BCUT2D eigenvalue weighted by atomic mass is 127. The zero-order valence-electron chi connectivity index (χ0n) is 19.7. The van der Waals surface area contributed by atoms with Crippen molar-refractivity contribution in [2.45, 2.75) is 32.2 Å². The minimum absolute atomic E-state index is 0. The molecule has 2 fully saturated rings. The van der Waals surface area contributed by atoms with E-state index in [2.05, 4.69) is 43.8 Å². The maximum absolute atomic E-state index is 14.0. The van der Waals surface area contributed by atoms with Gasteiger partial charge in [0.25, 0.3) is 0 Å². The lowest BCUT2D eigenvalue weighted by Gasteiger charge is -2.36. The van der Waals surface area contributed by atoms with Gasteiger partial charge >= 0.3 is 0 Å². The number of hydrogen-bond donors (Lipinski definition) is 2. The lowest BCUT2D eigenvalue weighted by molar-refractivity contribution is 0.221. The quantitative estimate of drug-likeness (QED) is 0.169. The minimum Gasteiger partial charge on any atom is -0.367 e. The van der Waals surface area contributed by atoms with Crippen LogP contribution in [0.3, 0.4) is 0 Å². The Labute approximate surface area is 210 Å². The average molecular weight is 559 g/mol. The molecule has 0 aliphatic carbocycles. The summed E-state index contributed by atoms with van der Waals surface area (Å²) in [5, 5.41) is 7.05. The van der Waals surface area contributed by atoms with Crippen molar-refractivity contribution >= 4 is 35.6 Å². The van der Waals surface area contributed by atoms with Crippen molar-refractivity contribution in [1.82, 2.24) is 20.4 Å². The van der Waals surface area contributed by atoms with Gasteiger partial charge in [-0.25, -0.2) is 4.39 Å². The minimum atomic E-state index is -0.125. The van der Waals surface area contributed by atoms with E-state index in [4.69, 9.17) is 0 Å². The maximum atomic E-state index is 14.0. The number of aliphatic imine (C=N–C) groups is 1. The fourth-order valence-electron chi connectivity index (χ4n) is 4.44. The average Bonchev–Trinajstić information content (AvgIpc) is 2.77. The van der Waals surface area contributed by atoms with E-state index in [1.54, 1.807) is 12.1 Å². The number of guanidine groups is 1. The van der Waals surface area contributed by atoms with Gasteiger partial charge in [-0.05, 0) is 44.9 Å². The van der Waals surface area contributed by atoms with E-state index >= 15 is 0 Å². The maximum Gasteiger partial charge on any atom is 0.191 e. The van der Waals surface area contributed by atoms with Crippen molar-refractivity contribution in [3.05, 3.63) is 42.2 Å². The Balaban J connectivity index is 0.00000363. The molecule has 0 spiro atoms. The molecule has 2 aliphatic rings.